The molecule has 114 valence electrons. The van der Waals surface area contributed by atoms with E-state index in [1.54, 1.807) is 4.68 Å². The van der Waals surface area contributed by atoms with Gasteiger partial charge in [-0.15, -0.1) is 11.3 Å². The van der Waals surface area contributed by atoms with E-state index < -0.39 is 0 Å². The van der Waals surface area contributed by atoms with Crippen molar-refractivity contribution in [2.75, 3.05) is 6.54 Å². The van der Waals surface area contributed by atoms with Gasteiger partial charge in [0.15, 0.2) is 5.96 Å². The highest BCUT2D eigenvalue weighted by molar-refractivity contribution is 7.11. The number of aryl methyl sites for hydroxylation is 2. The summed E-state index contributed by atoms with van der Waals surface area (Å²) in [5, 5.41) is 10.8. The van der Waals surface area contributed by atoms with Crippen LogP contribution in [0.15, 0.2) is 29.5 Å². The van der Waals surface area contributed by atoms with Gasteiger partial charge in [-0.25, -0.2) is 4.99 Å². The van der Waals surface area contributed by atoms with E-state index in [1.165, 1.54) is 9.75 Å². The maximum Gasteiger partial charge on any atom is 0.191 e. The van der Waals surface area contributed by atoms with E-state index in [0.29, 0.717) is 6.54 Å². The molecule has 0 amide bonds. The van der Waals surface area contributed by atoms with E-state index in [-0.39, 0.29) is 0 Å². The van der Waals surface area contributed by atoms with Gasteiger partial charge in [0.25, 0.3) is 0 Å². The molecule has 2 aromatic heterocycles. The third-order valence-electron chi connectivity index (χ3n) is 3.02. The summed E-state index contributed by atoms with van der Waals surface area (Å²) in [4.78, 5) is 7.34. The first-order valence-electron chi connectivity index (χ1n) is 7.28. The minimum atomic E-state index is 0.633. The lowest BCUT2D eigenvalue weighted by atomic mass is 10.3. The topological polar surface area (TPSA) is 54.2 Å². The number of thiophene rings is 1. The molecule has 0 fully saturated rings. The number of nitrogens with one attached hydrogen (secondary N) is 2. The summed E-state index contributed by atoms with van der Waals surface area (Å²) in [5.41, 5.74) is 1.11. The lowest BCUT2D eigenvalue weighted by molar-refractivity contribution is 0.766. The average Bonchev–Trinajstić information content (AvgIpc) is 3.10. The Bertz CT molecular complexity index is 584. The number of hydrogen-bond acceptors (Lipinski definition) is 3. The molecule has 0 saturated heterocycles. The molecule has 2 heterocycles. The Morgan fingerprint density at radius 1 is 1.29 bits per heavy atom. The van der Waals surface area contributed by atoms with Gasteiger partial charge in [-0.2, -0.15) is 5.10 Å². The predicted octanol–water partition coefficient (Wildman–Crippen LogP) is 2.30. The second-order valence-electron chi connectivity index (χ2n) is 4.79. The fourth-order valence-corrected chi connectivity index (χ4v) is 2.84. The standard InChI is InChI=1S/C15H23N5S/c1-4-13-6-7-14(21-13)10-18-15(16-5-2)17-8-12-9-19-20(3)11-12/h6-7,9,11H,4-5,8,10H2,1-3H3,(H2,16,17,18). The first-order valence-corrected chi connectivity index (χ1v) is 8.10. The number of guanidine groups is 1. The average molecular weight is 305 g/mol. The zero-order chi connectivity index (χ0) is 15.1. The number of hydrogen-bond donors (Lipinski definition) is 2. The predicted molar refractivity (Wildman–Crippen MR) is 88.6 cm³/mol. The Labute approximate surface area is 130 Å². The molecule has 5 nitrogen and oxygen atoms in total. The summed E-state index contributed by atoms with van der Waals surface area (Å²) in [6.45, 7) is 6.55. The van der Waals surface area contributed by atoms with Crippen LogP contribution in [0.4, 0.5) is 0 Å². The van der Waals surface area contributed by atoms with Crippen molar-refractivity contribution >= 4 is 17.3 Å². The summed E-state index contributed by atoms with van der Waals surface area (Å²) in [7, 11) is 1.92. The fraction of sp³-hybridized carbons (Fsp3) is 0.467. The van der Waals surface area contributed by atoms with Gasteiger partial charge in [-0.05, 0) is 25.5 Å². The van der Waals surface area contributed by atoms with Gasteiger partial charge in [-0.1, -0.05) is 6.92 Å². The maximum absolute atomic E-state index is 4.58. The highest BCUT2D eigenvalue weighted by Crippen LogP contribution is 2.16. The molecule has 0 aromatic carbocycles. The first-order chi connectivity index (χ1) is 10.2. The van der Waals surface area contributed by atoms with E-state index >= 15 is 0 Å². The van der Waals surface area contributed by atoms with Crippen LogP contribution in [0, 0.1) is 0 Å². The van der Waals surface area contributed by atoms with Crippen LogP contribution in [-0.4, -0.2) is 22.3 Å². The number of rotatable bonds is 6. The molecule has 21 heavy (non-hydrogen) atoms. The smallest absolute Gasteiger partial charge is 0.191 e. The van der Waals surface area contributed by atoms with Crippen LogP contribution in [0.3, 0.4) is 0 Å². The SMILES string of the molecule is CCNC(=NCc1cnn(C)c1)NCc1ccc(CC)s1. The van der Waals surface area contributed by atoms with Crippen molar-refractivity contribution < 1.29 is 0 Å². The monoisotopic (exact) mass is 305 g/mol. The molecule has 0 atom stereocenters. The van der Waals surface area contributed by atoms with Crippen molar-refractivity contribution in [1.82, 2.24) is 20.4 Å². The Morgan fingerprint density at radius 2 is 2.10 bits per heavy atom. The Balaban J connectivity index is 1.91. The lowest BCUT2D eigenvalue weighted by Crippen LogP contribution is -2.36. The molecule has 2 aromatic rings. The van der Waals surface area contributed by atoms with Crippen molar-refractivity contribution in [3.05, 3.63) is 39.8 Å². The second kappa shape index (κ2) is 7.83. The summed E-state index contributed by atoms with van der Waals surface area (Å²) in [6, 6.07) is 4.38. The molecule has 0 aliphatic carbocycles. The molecule has 2 N–H and O–H groups in total. The normalized spacial score (nSPS) is 11.7. The molecule has 2 rings (SSSR count). The minimum absolute atomic E-state index is 0.633. The van der Waals surface area contributed by atoms with E-state index in [2.05, 4.69) is 46.7 Å². The molecule has 0 aliphatic heterocycles. The van der Waals surface area contributed by atoms with Crippen molar-refractivity contribution in [3.8, 4) is 0 Å². The van der Waals surface area contributed by atoms with Crippen molar-refractivity contribution in [2.24, 2.45) is 12.0 Å². The quantitative estimate of drug-likeness (QED) is 0.636. The van der Waals surface area contributed by atoms with Crippen LogP contribution in [0.2, 0.25) is 0 Å². The van der Waals surface area contributed by atoms with E-state index in [9.17, 15) is 0 Å². The van der Waals surface area contributed by atoms with Gasteiger partial charge in [0.1, 0.15) is 0 Å². The van der Waals surface area contributed by atoms with E-state index in [1.807, 2.05) is 30.8 Å². The van der Waals surface area contributed by atoms with Gasteiger partial charge in [0, 0.05) is 35.1 Å². The Hall–Kier alpha value is -1.82. The lowest BCUT2D eigenvalue weighted by Gasteiger charge is -2.10. The zero-order valence-electron chi connectivity index (χ0n) is 12.9. The van der Waals surface area contributed by atoms with Crippen LogP contribution < -0.4 is 10.6 Å². The van der Waals surface area contributed by atoms with Crippen LogP contribution in [0.25, 0.3) is 0 Å². The molecule has 0 radical (unpaired) electrons. The van der Waals surface area contributed by atoms with Gasteiger partial charge in [0.2, 0.25) is 0 Å². The van der Waals surface area contributed by atoms with Gasteiger partial charge in [0.05, 0.1) is 19.3 Å². The van der Waals surface area contributed by atoms with Crippen molar-refractivity contribution in [2.45, 2.75) is 33.4 Å². The second-order valence-corrected chi connectivity index (χ2v) is 6.05. The molecule has 0 aliphatic rings. The molecular weight excluding hydrogens is 282 g/mol. The maximum atomic E-state index is 4.58. The largest absolute Gasteiger partial charge is 0.357 e. The van der Waals surface area contributed by atoms with Gasteiger partial charge in [-0.3, -0.25) is 4.68 Å². The molecule has 6 heteroatoms. The number of aromatic nitrogens is 2. The highest BCUT2D eigenvalue weighted by atomic mass is 32.1. The molecular formula is C15H23N5S. The fourth-order valence-electron chi connectivity index (χ4n) is 1.94. The van der Waals surface area contributed by atoms with Gasteiger partial charge >= 0.3 is 0 Å². The van der Waals surface area contributed by atoms with E-state index in [0.717, 1.165) is 31.0 Å². The highest BCUT2D eigenvalue weighted by Gasteiger charge is 2.02. The Kier molecular flexibility index (Phi) is 5.80. The van der Waals surface area contributed by atoms with E-state index in [4.69, 9.17) is 0 Å². The number of aliphatic imine (C=N–C) groups is 1. The van der Waals surface area contributed by atoms with Crippen LogP contribution in [0.5, 0.6) is 0 Å². The number of nitrogens with zero attached hydrogens (tertiary/aromatic N) is 3. The van der Waals surface area contributed by atoms with Crippen molar-refractivity contribution in [3.63, 3.8) is 0 Å². The van der Waals surface area contributed by atoms with Crippen LogP contribution in [-0.2, 0) is 26.6 Å². The minimum Gasteiger partial charge on any atom is -0.357 e. The van der Waals surface area contributed by atoms with Crippen molar-refractivity contribution in [1.29, 1.82) is 0 Å². The molecule has 0 bridgehead atoms. The Morgan fingerprint density at radius 3 is 2.71 bits per heavy atom. The molecule has 0 spiro atoms. The van der Waals surface area contributed by atoms with Crippen LogP contribution >= 0.6 is 11.3 Å². The van der Waals surface area contributed by atoms with Gasteiger partial charge < -0.3 is 10.6 Å². The summed E-state index contributed by atoms with van der Waals surface area (Å²) < 4.78 is 1.79. The third kappa shape index (κ3) is 4.90. The first kappa shape index (κ1) is 15.6. The third-order valence-corrected chi connectivity index (χ3v) is 4.25. The van der Waals surface area contributed by atoms with Crippen LogP contribution in [0.1, 0.15) is 29.2 Å². The molecule has 0 unspecified atom stereocenters. The summed E-state index contributed by atoms with van der Waals surface area (Å²) in [5.74, 6) is 0.841. The zero-order valence-corrected chi connectivity index (χ0v) is 13.7. The summed E-state index contributed by atoms with van der Waals surface area (Å²) in [6.07, 6.45) is 4.93. The summed E-state index contributed by atoms with van der Waals surface area (Å²) >= 11 is 1.85. The molecule has 0 saturated carbocycles.